The maximum absolute atomic E-state index is 5.40. The van der Waals surface area contributed by atoms with Gasteiger partial charge in [-0.2, -0.15) is 0 Å². The molecule has 1 aromatic heterocycles. The van der Waals surface area contributed by atoms with Crippen LogP contribution in [0, 0.1) is 0 Å². The molecule has 0 saturated heterocycles. The maximum Gasteiger partial charge on any atom is 0.185 e. The molecule has 1 heterocycles. The van der Waals surface area contributed by atoms with Gasteiger partial charge in [-0.3, -0.25) is 0 Å². The van der Waals surface area contributed by atoms with Crippen molar-refractivity contribution in [1.82, 2.24) is 10.3 Å². The van der Waals surface area contributed by atoms with Gasteiger partial charge in [-0.15, -0.1) is 11.3 Å². The van der Waals surface area contributed by atoms with Crippen molar-refractivity contribution < 1.29 is 4.74 Å². The summed E-state index contributed by atoms with van der Waals surface area (Å²) in [7, 11) is 2.08. The number of likely N-dealkylation sites (N-methyl/N-ethyl adjacent to an activating group) is 1. The van der Waals surface area contributed by atoms with Gasteiger partial charge in [0.25, 0.3) is 0 Å². The molecule has 0 amide bonds. The second-order valence-electron chi connectivity index (χ2n) is 5.94. The number of anilines is 1. The molecule has 0 radical (unpaired) electrons. The first kappa shape index (κ1) is 17.4. The zero-order valence-electron chi connectivity index (χ0n) is 13.7. The summed E-state index contributed by atoms with van der Waals surface area (Å²) in [5.74, 6) is 0. The van der Waals surface area contributed by atoms with Gasteiger partial charge in [0.05, 0.1) is 12.3 Å². The van der Waals surface area contributed by atoms with Crippen LogP contribution in [0.4, 0.5) is 5.13 Å². The summed E-state index contributed by atoms with van der Waals surface area (Å²) in [6.45, 7) is 14.1. The Hall–Kier alpha value is -0.650. The number of rotatable bonds is 8. The summed E-state index contributed by atoms with van der Waals surface area (Å²) in [4.78, 5) is 8.29. The molecule has 1 rings (SSSR count). The van der Waals surface area contributed by atoms with E-state index in [1.165, 1.54) is 10.6 Å². The van der Waals surface area contributed by atoms with Crippen molar-refractivity contribution in [3.8, 4) is 0 Å². The summed E-state index contributed by atoms with van der Waals surface area (Å²) in [5, 5.41) is 4.63. The van der Waals surface area contributed by atoms with E-state index in [0.717, 1.165) is 37.9 Å². The fourth-order valence-electron chi connectivity index (χ4n) is 1.73. The van der Waals surface area contributed by atoms with E-state index >= 15 is 0 Å². The van der Waals surface area contributed by atoms with Gasteiger partial charge in [0.2, 0.25) is 0 Å². The first-order chi connectivity index (χ1) is 9.37. The zero-order chi connectivity index (χ0) is 15.2. The minimum atomic E-state index is 0.135. The van der Waals surface area contributed by atoms with Gasteiger partial charge in [-0.25, -0.2) is 4.98 Å². The number of aryl methyl sites for hydroxylation is 1. The van der Waals surface area contributed by atoms with Crippen molar-refractivity contribution >= 4 is 16.5 Å². The van der Waals surface area contributed by atoms with Crippen LogP contribution >= 0.6 is 11.3 Å². The normalized spacial score (nSPS) is 11.9. The van der Waals surface area contributed by atoms with E-state index in [1.807, 2.05) is 6.92 Å². The highest BCUT2D eigenvalue weighted by Gasteiger charge is 2.15. The Morgan fingerprint density at radius 3 is 2.55 bits per heavy atom. The fraction of sp³-hybridized carbons (Fsp3) is 0.800. The highest BCUT2D eigenvalue weighted by atomic mass is 32.1. The third-order valence-corrected chi connectivity index (χ3v) is 4.19. The Morgan fingerprint density at radius 1 is 1.30 bits per heavy atom. The minimum absolute atomic E-state index is 0.135. The van der Waals surface area contributed by atoms with Crippen molar-refractivity contribution in [3.05, 3.63) is 10.6 Å². The highest BCUT2D eigenvalue weighted by molar-refractivity contribution is 7.15. The van der Waals surface area contributed by atoms with Crippen LogP contribution < -0.4 is 10.2 Å². The lowest BCUT2D eigenvalue weighted by Crippen LogP contribution is -2.35. The molecule has 0 saturated carbocycles. The number of hydrogen-bond acceptors (Lipinski definition) is 5. The van der Waals surface area contributed by atoms with Crippen LogP contribution in [0.5, 0.6) is 0 Å². The summed E-state index contributed by atoms with van der Waals surface area (Å²) in [6, 6.07) is 0. The molecule has 1 aromatic rings. The summed E-state index contributed by atoms with van der Waals surface area (Å²) in [5.41, 5.74) is 1.35. The van der Waals surface area contributed by atoms with Gasteiger partial charge in [0.1, 0.15) is 0 Å². The van der Waals surface area contributed by atoms with Crippen LogP contribution in [0.25, 0.3) is 0 Å². The highest BCUT2D eigenvalue weighted by Crippen LogP contribution is 2.26. The zero-order valence-corrected chi connectivity index (χ0v) is 14.6. The molecule has 20 heavy (non-hydrogen) atoms. The van der Waals surface area contributed by atoms with E-state index in [4.69, 9.17) is 9.72 Å². The van der Waals surface area contributed by atoms with Gasteiger partial charge >= 0.3 is 0 Å². The topological polar surface area (TPSA) is 37.4 Å². The molecule has 0 fully saturated rings. The largest absolute Gasteiger partial charge is 0.380 e. The summed E-state index contributed by atoms with van der Waals surface area (Å²) >= 11 is 1.79. The maximum atomic E-state index is 5.40. The van der Waals surface area contributed by atoms with Crippen LogP contribution in [0.2, 0.25) is 0 Å². The second-order valence-corrected chi connectivity index (χ2v) is 7.00. The third kappa shape index (κ3) is 5.77. The van der Waals surface area contributed by atoms with E-state index in [2.05, 4.69) is 45.0 Å². The van der Waals surface area contributed by atoms with Crippen LogP contribution in [0.1, 0.15) is 45.2 Å². The van der Waals surface area contributed by atoms with Crippen molar-refractivity contribution in [2.45, 2.75) is 53.1 Å². The number of aromatic nitrogens is 1. The lowest BCUT2D eigenvalue weighted by Gasteiger charge is -2.20. The average molecular weight is 299 g/mol. The van der Waals surface area contributed by atoms with E-state index < -0.39 is 0 Å². The molecule has 1 N–H and O–H groups in total. The van der Waals surface area contributed by atoms with Crippen LogP contribution in [-0.4, -0.2) is 37.3 Å². The molecule has 0 aliphatic heterocycles. The first-order valence-corrected chi connectivity index (χ1v) is 8.21. The third-order valence-electron chi connectivity index (χ3n) is 2.98. The number of hydrogen-bond donors (Lipinski definition) is 1. The monoisotopic (exact) mass is 299 g/mol. The SMILES string of the molecule is CCOCCN(C)c1nc(CC)c(CNC(C)(C)C)s1. The Balaban J connectivity index is 2.67. The number of nitrogens with one attached hydrogen (secondary N) is 1. The molecule has 4 nitrogen and oxygen atoms in total. The van der Waals surface area contributed by atoms with E-state index in [1.54, 1.807) is 11.3 Å². The number of nitrogens with zero attached hydrogens (tertiary/aromatic N) is 2. The molecular weight excluding hydrogens is 270 g/mol. The van der Waals surface area contributed by atoms with E-state index in [-0.39, 0.29) is 5.54 Å². The molecular formula is C15H29N3OS. The smallest absolute Gasteiger partial charge is 0.185 e. The van der Waals surface area contributed by atoms with Gasteiger partial charge in [-0.05, 0) is 34.1 Å². The number of ether oxygens (including phenoxy) is 1. The van der Waals surface area contributed by atoms with Gasteiger partial charge in [0.15, 0.2) is 5.13 Å². The average Bonchev–Trinajstić information content (AvgIpc) is 2.79. The number of thiazole rings is 1. The molecule has 0 aliphatic carbocycles. The van der Waals surface area contributed by atoms with Crippen molar-refractivity contribution in [3.63, 3.8) is 0 Å². The lowest BCUT2D eigenvalue weighted by atomic mass is 10.1. The first-order valence-electron chi connectivity index (χ1n) is 7.39. The van der Waals surface area contributed by atoms with Crippen molar-refractivity contribution in [2.24, 2.45) is 0 Å². The summed E-state index contributed by atoms with van der Waals surface area (Å²) < 4.78 is 5.40. The molecule has 0 aliphatic rings. The predicted molar refractivity (Wildman–Crippen MR) is 87.8 cm³/mol. The molecule has 0 aromatic carbocycles. The Bertz CT molecular complexity index is 398. The van der Waals surface area contributed by atoms with Gasteiger partial charge in [-0.1, -0.05) is 6.92 Å². The Labute approximate surface area is 127 Å². The summed E-state index contributed by atoms with van der Waals surface area (Å²) in [6.07, 6.45) is 0.983. The molecule has 0 atom stereocenters. The van der Waals surface area contributed by atoms with Crippen LogP contribution in [0.3, 0.4) is 0 Å². The van der Waals surface area contributed by atoms with Gasteiger partial charge < -0.3 is 15.0 Å². The Kier molecular flexibility index (Phi) is 6.92. The van der Waals surface area contributed by atoms with Crippen molar-refractivity contribution in [1.29, 1.82) is 0 Å². The van der Waals surface area contributed by atoms with E-state index in [9.17, 15) is 0 Å². The standard InChI is InChI=1S/C15H29N3OS/c1-7-12-13(11-16-15(3,4)5)20-14(17-12)18(6)9-10-19-8-2/h16H,7-11H2,1-6H3. The predicted octanol–water partition coefficient (Wildman–Crippen LogP) is 3.07. The van der Waals surface area contributed by atoms with Crippen molar-refractivity contribution in [2.75, 3.05) is 31.7 Å². The molecule has 116 valence electrons. The van der Waals surface area contributed by atoms with Crippen LogP contribution in [0.15, 0.2) is 0 Å². The minimum Gasteiger partial charge on any atom is -0.380 e. The quantitative estimate of drug-likeness (QED) is 0.749. The molecule has 0 bridgehead atoms. The molecule has 0 spiro atoms. The fourth-order valence-corrected chi connectivity index (χ4v) is 2.81. The van der Waals surface area contributed by atoms with E-state index in [0.29, 0.717) is 0 Å². The molecule has 5 heteroatoms. The second kappa shape index (κ2) is 7.96. The Morgan fingerprint density at radius 2 is 2.00 bits per heavy atom. The van der Waals surface area contributed by atoms with Gasteiger partial charge in [0, 0.05) is 37.2 Å². The van der Waals surface area contributed by atoms with Crippen LogP contribution in [-0.2, 0) is 17.7 Å². The lowest BCUT2D eigenvalue weighted by molar-refractivity contribution is 0.154. The molecule has 0 unspecified atom stereocenters.